The van der Waals surface area contributed by atoms with Crippen molar-refractivity contribution in [3.8, 4) is 11.5 Å². The molecule has 0 radical (unpaired) electrons. The minimum Gasteiger partial charge on any atom is -0.506 e. The van der Waals surface area contributed by atoms with Crippen LogP contribution in [0, 0.1) is 13.8 Å². The quantitative estimate of drug-likeness (QED) is 0.631. The molecule has 5 heteroatoms. The Kier molecular flexibility index (Phi) is 6.75. The molecule has 4 nitrogen and oxygen atoms in total. The number of ether oxygens (including phenoxy) is 2. The Morgan fingerprint density at radius 2 is 1.86 bits per heavy atom. The number of rotatable bonds is 6. The maximum Gasteiger partial charge on any atom is 0.305 e. The summed E-state index contributed by atoms with van der Waals surface area (Å²) in [5, 5.41) is 10.4. The van der Waals surface area contributed by atoms with Gasteiger partial charge in [0.1, 0.15) is 11.5 Å². The Labute approximate surface area is 136 Å². The highest BCUT2D eigenvalue weighted by Gasteiger charge is 2.18. The van der Waals surface area contributed by atoms with Gasteiger partial charge in [0.15, 0.2) is 0 Å². The molecule has 0 fully saturated rings. The minimum atomic E-state index is -0.229. The first-order valence-electron chi connectivity index (χ1n) is 7.10. The summed E-state index contributed by atoms with van der Waals surface area (Å²) in [6, 6.07) is 0. The summed E-state index contributed by atoms with van der Waals surface area (Å²) in [6.07, 6.45) is 3.50. The van der Waals surface area contributed by atoms with E-state index in [-0.39, 0.29) is 11.7 Å². The van der Waals surface area contributed by atoms with Gasteiger partial charge in [-0.15, -0.1) is 0 Å². The first kappa shape index (κ1) is 18.4. The van der Waals surface area contributed by atoms with Crippen LogP contribution in [0.2, 0.25) is 5.02 Å². The van der Waals surface area contributed by atoms with Gasteiger partial charge in [-0.05, 0) is 44.7 Å². The van der Waals surface area contributed by atoms with Crippen LogP contribution < -0.4 is 4.74 Å². The Balaban J connectivity index is 3.00. The lowest BCUT2D eigenvalue weighted by atomic mass is 9.99. The van der Waals surface area contributed by atoms with Crippen LogP contribution in [-0.4, -0.2) is 25.3 Å². The molecule has 0 unspecified atom stereocenters. The first-order valence-corrected chi connectivity index (χ1v) is 7.48. The molecular formula is C17H23ClO4. The van der Waals surface area contributed by atoms with Crippen molar-refractivity contribution in [3.05, 3.63) is 33.4 Å². The topological polar surface area (TPSA) is 55.8 Å². The molecule has 0 atom stereocenters. The van der Waals surface area contributed by atoms with Gasteiger partial charge in [-0.25, -0.2) is 0 Å². The van der Waals surface area contributed by atoms with E-state index in [4.69, 9.17) is 16.3 Å². The SMILES string of the molecule is COC(=O)CC/C(C)=C/Cc1c(Cl)c(O)c(C)c(C)c1OC. The highest BCUT2D eigenvalue weighted by Crippen LogP contribution is 2.41. The Morgan fingerprint density at radius 1 is 1.23 bits per heavy atom. The monoisotopic (exact) mass is 326 g/mol. The summed E-state index contributed by atoms with van der Waals surface area (Å²) in [5.74, 6) is 0.556. The van der Waals surface area contributed by atoms with E-state index in [0.717, 1.165) is 22.3 Å². The smallest absolute Gasteiger partial charge is 0.305 e. The summed E-state index contributed by atoms with van der Waals surface area (Å²) >= 11 is 6.25. The molecule has 0 amide bonds. The number of aromatic hydroxyl groups is 1. The maximum absolute atomic E-state index is 11.1. The molecule has 0 bridgehead atoms. The molecule has 0 heterocycles. The van der Waals surface area contributed by atoms with E-state index in [1.807, 2.05) is 19.9 Å². The van der Waals surface area contributed by atoms with Gasteiger partial charge in [0.25, 0.3) is 0 Å². The molecule has 1 aromatic rings. The second-order valence-electron chi connectivity index (χ2n) is 5.26. The Morgan fingerprint density at radius 3 is 2.41 bits per heavy atom. The average molecular weight is 327 g/mol. The number of carbonyl (C=O) groups excluding carboxylic acids is 1. The van der Waals surface area contributed by atoms with Crippen LogP contribution in [0.5, 0.6) is 11.5 Å². The van der Waals surface area contributed by atoms with Crippen molar-refractivity contribution < 1.29 is 19.4 Å². The highest BCUT2D eigenvalue weighted by molar-refractivity contribution is 6.33. The molecule has 1 rings (SSSR count). The lowest BCUT2D eigenvalue weighted by Crippen LogP contribution is -2.01. The Bertz CT molecular complexity index is 591. The van der Waals surface area contributed by atoms with Crippen LogP contribution in [-0.2, 0) is 16.0 Å². The number of phenolic OH excluding ortho intramolecular Hbond substituents is 1. The third-order valence-electron chi connectivity index (χ3n) is 3.82. The van der Waals surface area contributed by atoms with Gasteiger partial charge >= 0.3 is 5.97 Å². The first-order chi connectivity index (χ1) is 10.3. The van der Waals surface area contributed by atoms with Gasteiger partial charge < -0.3 is 14.6 Å². The van der Waals surface area contributed by atoms with E-state index in [0.29, 0.717) is 30.0 Å². The fraction of sp³-hybridized carbons (Fsp3) is 0.471. The highest BCUT2D eigenvalue weighted by atomic mass is 35.5. The van der Waals surface area contributed by atoms with Gasteiger partial charge in [0, 0.05) is 12.0 Å². The molecule has 0 aromatic heterocycles. The van der Waals surface area contributed by atoms with Crippen molar-refractivity contribution in [2.45, 2.75) is 40.0 Å². The van der Waals surface area contributed by atoms with Crippen LogP contribution >= 0.6 is 11.6 Å². The molecule has 0 saturated heterocycles. The molecule has 122 valence electrons. The lowest BCUT2D eigenvalue weighted by Gasteiger charge is -2.16. The summed E-state index contributed by atoms with van der Waals surface area (Å²) in [7, 11) is 2.97. The summed E-state index contributed by atoms with van der Waals surface area (Å²) in [5.41, 5.74) is 3.40. The maximum atomic E-state index is 11.1. The number of carbonyl (C=O) groups is 1. The number of methoxy groups -OCH3 is 2. The van der Waals surface area contributed by atoms with Gasteiger partial charge in [0.2, 0.25) is 0 Å². The zero-order valence-corrected chi connectivity index (χ0v) is 14.5. The molecule has 1 N–H and O–H groups in total. The number of halogens is 1. The zero-order chi connectivity index (χ0) is 16.9. The van der Waals surface area contributed by atoms with E-state index in [2.05, 4.69) is 4.74 Å². The van der Waals surface area contributed by atoms with Crippen LogP contribution in [0.3, 0.4) is 0 Å². The zero-order valence-electron chi connectivity index (χ0n) is 13.7. The summed E-state index contributed by atoms with van der Waals surface area (Å²) in [6.45, 7) is 5.64. The molecule has 0 aliphatic heterocycles. The largest absolute Gasteiger partial charge is 0.506 e. The molecule has 1 aromatic carbocycles. The molecule has 0 saturated carbocycles. The predicted molar refractivity (Wildman–Crippen MR) is 87.9 cm³/mol. The lowest BCUT2D eigenvalue weighted by molar-refractivity contribution is -0.140. The number of phenols is 1. The normalized spacial score (nSPS) is 11.5. The van der Waals surface area contributed by atoms with Gasteiger partial charge in [-0.2, -0.15) is 0 Å². The minimum absolute atomic E-state index is 0.0931. The van der Waals surface area contributed by atoms with Crippen molar-refractivity contribution in [2.75, 3.05) is 14.2 Å². The number of hydrogen-bond donors (Lipinski definition) is 1. The van der Waals surface area contributed by atoms with Gasteiger partial charge in [-0.3, -0.25) is 4.79 Å². The van der Waals surface area contributed by atoms with Gasteiger partial charge in [-0.1, -0.05) is 23.3 Å². The van der Waals surface area contributed by atoms with Crippen LogP contribution in [0.1, 0.15) is 36.5 Å². The van der Waals surface area contributed by atoms with Crippen LogP contribution in [0.4, 0.5) is 0 Å². The fourth-order valence-electron chi connectivity index (χ4n) is 2.22. The summed E-state index contributed by atoms with van der Waals surface area (Å²) in [4.78, 5) is 11.1. The fourth-order valence-corrected chi connectivity index (χ4v) is 2.52. The third-order valence-corrected chi connectivity index (χ3v) is 4.22. The summed E-state index contributed by atoms with van der Waals surface area (Å²) < 4.78 is 10.1. The molecular weight excluding hydrogens is 304 g/mol. The average Bonchev–Trinajstić information content (AvgIpc) is 2.52. The van der Waals surface area contributed by atoms with E-state index >= 15 is 0 Å². The standard InChI is InChI=1S/C17H23ClO4/c1-10(7-9-14(19)21-4)6-8-13-15(18)16(20)11(2)12(3)17(13)22-5/h6,20H,7-9H2,1-5H3/b10-6+. The van der Waals surface area contributed by atoms with E-state index in [1.54, 1.807) is 14.0 Å². The van der Waals surface area contributed by atoms with Crippen molar-refractivity contribution in [1.29, 1.82) is 0 Å². The molecule has 0 aliphatic rings. The number of benzene rings is 1. The third kappa shape index (κ3) is 4.17. The number of allylic oxidation sites excluding steroid dienone is 2. The van der Waals surface area contributed by atoms with E-state index in [9.17, 15) is 9.90 Å². The van der Waals surface area contributed by atoms with Crippen molar-refractivity contribution in [1.82, 2.24) is 0 Å². The molecule has 0 spiro atoms. The second kappa shape index (κ2) is 8.08. The molecule has 0 aliphatic carbocycles. The van der Waals surface area contributed by atoms with E-state index < -0.39 is 0 Å². The van der Waals surface area contributed by atoms with Crippen molar-refractivity contribution in [3.63, 3.8) is 0 Å². The number of hydrogen-bond acceptors (Lipinski definition) is 4. The van der Waals surface area contributed by atoms with Gasteiger partial charge in [0.05, 0.1) is 19.2 Å². The Hall–Kier alpha value is -1.68. The van der Waals surface area contributed by atoms with Crippen molar-refractivity contribution in [2.24, 2.45) is 0 Å². The van der Waals surface area contributed by atoms with E-state index in [1.165, 1.54) is 7.11 Å². The number of esters is 1. The molecule has 22 heavy (non-hydrogen) atoms. The van der Waals surface area contributed by atoms with Crippen LogP contribution in [0.15, 0.2) is 11.6 Å². The van der Waals surface area contributed by atoms with Crippen molar-refractivity contribution >= 4 is 17.6 Å². The van der Waals surface area contributed by atoms with Crippen LogP contribution in [0.25, 0.3) is 0 Å². The predicted octanol–water partition coefficient (Wildman–Crippen LogP) is 4.11. The second-order valence-corrected chi connectivity index (χ2v) is 5.63.